The first-order valence-corrected chi connectivity index (χ1v) is 15.7. The molecule has 7 rings (SSSR count). The van der Waals surface area contributed by atoms with Crippen LogP contribution in [0.1, 0.15) is 50.7 Å². The summed E-state index contributed by atoms with van der Waals surface area (Å²) < 4.78 is 36.4. The predicted molar refractivity (Wildman–Crippen MR) is 158 cm³/mol. The van der Waals surface area contributed by atoms with E-state index in [-0.39, 0.29) is 36.7 Å². The number of nitriles is 1. The number of halogens is 1. The maximum Gasteiger partial charge on any atom is 0.329 e. The van der Waals surface area contributed by atoms with Gasteiger partial charge in [-0.25, -0.2) is 9.18 Å². The Bertz CT molecular complexity index is 1670. The average Bonchev–Trinajstić information content (AvgIpc) is 3.51. The lowest BCUT2D eigenvalue weighted by Crippen LogP contribution is -2.69. The number of esters is 1. The number of carbonyl (C=O) groups is 2. The zero-order valence-electron chi connectivity index (χ0n) is 25.1. The van der Waals surface area contributed by atoms with Gasteiger partial charge < -0.3 is 34.5 Å². The van der Waals surface area contributed by atoms with E-state index in [1.807, 2.05) is 20.0 Å². The zero-order valence-corrected chi connectivity index (χ0v) is 25.9. The van der Waals surface area contributed by atoms with E-state index < -0.39 is 54.0 Å². The van der Waals surface area contributed by atoms with Crippen molar-refractivity contribution in [3.05, 3.63) is 39.4 Å². The van der Waals surface area contributed by atoms with E-state index in [4.69, 9.17) is 18.9 Å². The fourth-order valence-electron chi connectivity index (χ4n) is 8.04. The summed E-state index contributed by atoms with van der Waals surface area (Å²) in [5.74, 6) is -0.500. The van der Waals surface area contributed by atoms with Crippen LogP contribution < -0.4 is 19.5 Å². The number of hydrogen-bond acceptors (Lipinski definition) is 12. The number of nitrogens with one attached hydrogen (secondary N) is 1. The van der Waals surface area contributed by atoms with Gasteiger partial charge >= 0.3 is 5.97 Å². The number of rotatable bonds is 3. The number of phenolic OH excluding ortho intramolecular Hbond substituents is 2. The number of aromatic hydroxyl groups is 2. The van der Waals surface area contributed by atoms with Gasteiger partial charge in [0.1, 0.15) is 24.4 Å². The Labute approximate surface area is 263 Å². The number of cyclic esters (lactones) is 1. The summed E-state index contributed by atoms with van der Waals surface area (Å²) in [4.78, 5) is 29.5. The lowest BCUT2D eigenvalue weighted by atomic mass is 9.71. The Balaban J connectivity index is 1.50. The summed E-state index contributed by atoms with van der Waals surface area (Å²) >= 11 is 1.29. The number of fused-ring (bicyclic) bond motifs is 9. The van der Waals surface area contributed by atoms with E-state index in [0.717, 1.165) is 11.1 Å². The first-order valence-electron chi connectivity index (χ1n) is 14.7. The molecule has 0 aromatic heterocycles. The van der Waals surface area contributed by atoms with Gasteiger partial charge in [0.25, 0.3) is 5.91 Å². The third-order valence-electron chi connectivity index (χ3n) is 9.89. The molecule has 45 heavy (non-hydrogen) atoms. The minimum absolute atomic E-state index is 0.00679. The van der Waals surface area contributed by atoms with Crippen molar-refractivity contribution in [1.82, 2.24) is 15.1 Å². The van der Waals surface area contributed by atoms with Crippen LogP contribution in [0.2, 0.25) is 0 Å². The number of nitrogens with zero attached hydrogens (tertiary/aromatic N) is 3. The van der Waals surface area contributed by atoms with E-state index in [9.17, 15) is 29.5 Å². The second kappa shape index (κ2) is 10.9. The fourth-order valence-corrected chi connectivity index (χ4v) is 9.55. The van der Waals surface area contributed by atoms with Crippen molar-refractivity contribution in [2.75, 3.05) is 40.0 Å². The third kappa shape index (κ3) is 4.17. The minimum Gasteiger partial charge on any atom is -0.507 e. The maximum atomic E-state index is 13.3. The number of likely N-dealkylation sites (N-methyl/N-ethyl adjacent to an activating group) is 1. The smallest absolute Gasteiger partial charge is 0.329 e. The van der Waals surface area contributed by atoms with Crippen molar-refractivity contribution in [2.45, 2.75) is 61.8 Å². The molecule has 4 bridgehead atoms. The fraction of sp³-hybridized carbons (Fsp3) is 0.516. The standard InChI is InChI=1S/C31H33FN4O8S/c1-12-5-14-6-16-17(8-33)36-18-9-42-31(40)15(34-19(37)7-32)10-45-30(22-21(18)29-28(43-11-44-29)13(2)25(22)38)24(36)23(35(16)3)20(14)26(39)27(12)41-4/h5,15-18,23-24,30,38-39H,6-7,9-11H2,1-4H3,(H,34,37)/t15?,16?,17-,18-,23?,24?,30+/m0/s1. The number of carbonyl (C=O) groups excluding carboxylic acids is 2. The summed E-state index contributed by atoms with van der Waals surface area (Å²) in [6.07, 6.45) is 0.480. The Hall–Kier alpha value is -3.93. The highest BCUT2D eigenvalue weighted by molar-refractivity contribution is 7.99. The molecule has 5 heterocycles. The minimum atomic E-state index is -1.29. The number of benzene rings is 2. The Morgan fingerprint density at radius 2 is 1.96 bits per heavy atom. The molecule has 238 valence electrons. The van der Waals surface area contributed by atoms with Crippen LogP contribution in [0.5, 0.6) is 28.7 Å². The molecular weight excluding hydrogens is 607 g/mol. The number of ether oxygens (including phenoxy) is 4. The average molecular weight is 641 g/mol. The van der Waals surface area contributed by atoms with Crippen molar-refractivity contribution in [1.29, 1.82) is 5.26 Å². The van der Waals surface area contributed by atoms with Crippen LogP contribution in [0.15, 0.2) is 6.07 Å². The molecule has 14 heteroatoms. The number of amides is 1. The van der Waals surface area contributed by atoms with E-state index in [0.29, 0.717) is 45.9 Å². The molecule has 3 N–H and O–H groups in total. The first kappa shape index (κ1) is 29.8. The summed E-state index contributed by atoms with van der Waals surface area (Å²) in [5.41, 5.74) is 3.96. The number of alkyl halides is 1. The normalized spacial score (nSPS) is 30.0. The van der Waals surface area contributed by atoms with Gasteiger partial charge in [-0.2, -0.15) is 5.26 Å². The number of phenols is 2. The van der Waals surface area contributed by atoms with Crippen LogP contribution in [-0.2, 0) is 20.7 Å². The molecule has 2 saturated heterocycles. The van der Waals surface area contributed by atoms with Crippen LogP contribution in [0.4, 0.5) is 4.39 Å². The van der Waals surface area contributed by atoms with Crippen molar-refractivity contribution in [3.63, 3.8) is 0 Å². The van der Waals surface area contributed by atoms with Gasteiger partial charge in [-0.15, -0.1) is 11.8 Å². The van der Waals surface area contributed by atoms with Gasteiger partial charge in [-0.05, 0) is 38.4 Å². The van der Waals surface area contributed by atoms with Crippen LogP contribution in [0.25, 0.3) is 0 Å². The van der Waals surface area contributed by atoms with Gasteiger partial charge in [-0.3, -0.25) is 14.6 Å². The summed E-state index contributed by atoms with van der Waals surface area (Å²) in [5, 5.41) is 36.1. The molecule has 2 fully saturated rings. The molecular formula is C31H33FN4O8S. The molecule has 1 amide bonds. The zero-order chi connectivity index (χ0) is 31.9. The van der Waals surface area contributed by atoms with Gasteiger partial charge in [0.2, 0.25) is 6.79 Å². The Morgan fingerprint density at radius 3 is 2.67 bits per heavy atom. The van der Waals surface area contributed by atoms with Crippen LogP contribution in [0.3, 0.4) is 0 Å². The molecule has 7 atom stereocenters. The third-order valence-corrected chi connectivity index (χ3v) is 11.3. The highest BCUT2D eigenvalue weighted by Crippen LogP contribution is 2.63. The molecule has 0 aliphatic carbocycles. The van der Waals surface area contributed by atoms with E-state index >= 15 is 0 Å². The molecule has 0 saturated carbocycles. The largest absolute Gasteiger partial charge is 0.507 e. The van der Waals surface area contributed by atoms with Crippen molar-refractivity contribution in [3.8, 4) is 34.8 Å². The topological polar surface area (TPSA) is 154 Å². The number of hydrogen-bond donors (Lipinski definition) is 3. The van der Waals surface area contributed by atoms with Crippen LogP contribution in [-0.4, -0.2) is 96.0 Å². The predicted octanol–water partition coefficient (Wildman–Crippen LogP) is 2.47. The van der Waals surface area contributed by atoms with Crippen molar-refractivity contribution < 1.29 is 43.1 Å². The molecule has 2 aromatic rings. The van der Waals surface area contributed by atoms with E-state index in [1.165, 1.54) is 18.9 Å². The van der Waals surface area contributed by atoms with Crippen LogP contribution in [0, 0.1) is 25.2 Å². The second-order valence-corrected chi connectivity index (χ2v) is 13.2. The molecule has 5 aliphatic heterocycles. The SMILES string of the molecule is COc1c(C)cc2c(c1O)C1C3[C@@H]4SCC(NC(=O)CF)C(=O)OC[C@@H](c5c6c(c(C)c(O)c54)OCO6)N3[C@@H](C#N)C(C2)N1C. The maximum absolute atomic E-state index is 13.3. The lowest BCUT2D eigenvalue weighted by Gasteiger charge is -2.61. The van der Waals surface area contributed by atoms with Crippen LogP contribution >= 0.6 is 11.8 Å². The van der Waals surface area contributed by atoms with E-state index in [2.05, 4.69) is 21.2 Å². The molecule has 5 aliphatic rings. The van der Waals surface area contributed by atoms with Gasteiger partial charge in [0.15, 0.2) is 29.7 Å². The Morgan fingerprint density at radius 1 is 1.20 bits per heavy atom. The number of thioether (sulfide) groups is 1. The number of piperazine rings is 1. The molecule has 0 spiro atoms. The van der Waals surface area contributed by atoms with Crippen molar-refractivity contribution >= 4 is 23.6 Å². The van der Waals surface area contributed by atoms with Gasteiger partial charge in [0, 0.05) is 40.1 Å². The van der Waals surface area contributed by atoms with Crippen molar-refractivity contribution in [2.24, 2.45) is 0 Å². The molecule has 4 unspecified atom stereocenters. The van der Waals surface area contributed by atoms with E-state index in [1.54, 1.807) is 6.92 Å². The molecule has 0 radical (unpaired) electrons. The lowest BCUT2D eigenvalue weighted by molar-refractivity contribution is -0.152. The quantitative estimate of drug-likeness (QED) is 0.423. The highest BCUT2D eigenvalue weighted by Gasteiger charge is 2.60. The molecule has 12 nitrogen and oxygen atoms in total. The number of aryl methyl sites for hydroxylation is 1. The van der Waals surface area contributed by atoms with Gasteiger partial charge in [-0.1, -0.05) is 6.07 Å². The summed E-state index contributed by atoms with van der Waals surface area (Å²) in [7, 11) is 3.43. The highest BCUT2D eigenvalue weighted by atomic mass is 32.2. The monoisotopic (exact) mass is 640 g/mol. The number of methoxy groups -OCH3 is 1. The molecule has 2 aromatic carbocycles. The van der Waals surface area contributed by atoms with Gasteiger partial charge in [0.05, 0.1) is 30.5 Å². The Kier molecular flexibility index (Phi) is 7.18. The first-order chi connectivity index (χ1) is 21.6. The second-order valence-electron chi connectivity index (χ2n) is 12.1. The summed E-state index contributed by atoms with van der Waals surface area (Å²) in [6.45, 7) is 2.00. The summed E-state index contributed by atoms with van der Waals surface area (Å²) in [6, 6.07) is 0.618.